The molecule has 19 heavy (non-hydrogen) atoms. The minimum atomic E-state index is -1.59. The Kier molecular flexibility index (Phi) is 4.41. The van der Waals surface area contributed by atoms with Crippen LogP contribution in [0.5, 0.6) is 0 Å². The number of carbonyl (C=O) groups excluding carboxylic acids is 1. The number of halogens is 1. The molecule has 0 saturated heterocycles. The van der Waals surface area contributed by atoms with Crippen molar-refractivity contribution < 1.29 is 29.0 Å². The Hall–Kier alpha value is -2.64. The molecule has 0 radical (unpaired) electrons. The molecule has 0 aliphatic heterocycles. The number of carboxylic acids is 2. The zero-order valence-electron chi connectivity index (χ0n) is 9.59. The van der Waals surface area contributed by atoms with Gasteiger partial charge in [0, 0.05) is 5.69 Å². The number of benzene rings is 1. The molecular formula is C11H11FN2O5. The standard InChI is InChI=1S/C11H11FN2O5/c12-5-1-2-6(7(13)3-5)10(17)14-8(11(18)19)4-9(15)16/h1-3,8H,4,13H2,(H,14,17)(H,15,16)(H,18,19)/t8-/m0/s1. The highest BCUT2D eigenvalue weighted by Gasteiger charge is 2.24. The summed E-state index contributed by atoms with van der Waals surface area (Å²) in [6.45, 7) is 0. The molecule has 0 fully saturated rings. The molecule has 0 aliphatic carbocycles. The normalized spacial score (nSPS) is 11.6. The number of nitrogen functional groups attached to an aromatic ring is 1. The van der Waals surface area contributed by atoms with Gasteiger partial charge in [-0.3, -0.25) is 9.59 Å². The van der Waals surface area contributed by atoms with E-state index in [9.17, 15) is 18.8 Å². The van der Waals surface area contributed by atoms with Crippen LogP contribution in [-0.4, -0.2) is 34.1 Å². The quantitative estimate of drug-likeness (QED) is 0.560. The first-order valence-electron chi connectivity index (χ1n) is 5.11. The molecule has 0 heterocycles. The summed E-state index contributed by atoms with van der Waals surface area (Å²) in [7, 11) is 0. The molecule has 102 valence electrons. The van der Waals surface area contributed by atoms with Crippen molar-refractivity contribution in [3.63, 3.8) is 0 Å². The molecule has 1 rings (SSSR count). The summed E-state index contributed by atoms with van der Waals surface area (Å²) in [5, 5.41) is 19.3. The zero-order valence-corrected chi connectivity index (χ0v) is 9.59. The van der Waals surface area contributed by atoms with Crippen LogP contribution in [0.1, 0.15) is 16.8 Å². The molecule has 1 atom stereocenters. The second kappa shape index (κ2) is 5.80. The first kappa shape index (κ1) is 14.4. The van der Waals surface area contributed by atoms with Gasteiger partial charge in [-0.25, -0.2) is 9.18 Å². The van der Waals surface area contributed by atoms with Crippen molar-refractivity contribution in [1.29, 1.82) is 0 Å². The maximum absolute atomic E-state index is 12.8. The number of amides is 1. The molecule has 8 heteroatoms. The van der Waals surface area contributed by atoms with E-state index in [2.05, 4.69) is 0 Å². The Morgan fingerprint density at radius 1 is 1.32 bits per heavy atom. The first-order chi connectivity index (χ1) is 8.81. The van der Waals surface area contributed by atoms with E-state index in [1.807, 2.05) is 5.32 Å². The van der Waals surface area contributed by atoms with Crippen LogP contribution < -0.4 is 11.1 Å². The van der Waals surface area contributed by atoms with Gasteiger partial charge in [-0.1, -0.05) is 0 Å². The monoisotopic (exact) mass is 270 g/mol. The van der Waals surface area contributed by atoms with Crippen molar-refractivity contribution in [2.45, 2.75) is 12.5 Å². The molecule has 5 N–H and O–H groups in total. The Morgan fingerprint density at radius 2 is 1.95 bits per heavy atom. The molecule has 1 amide bonds. The van der Waals surface area contributed by atoms with Gasteiger partial charge in [-0.2, -0.15) is 0 Å². The number of carbonyl (C=O) groups is 3. The van der Waals surface area contributed by atoms with E-state index in [4.69, 9.17) is 15.9 Å². The Balaban J connectivity index is 2.87. The van der Waals surface area contributed by atoms with E-state index < -0.39 is 36.1 Å². The van der Waals surface area contributed by atoms with Crippen LogP contribution in [0.3, 0.4) is 0 Å². The molecule has 0 spiro atoms. The number of nitrogens with two attached hydrogens (primary N) is 1. The third-order valence-electron chi connectivity index (χ3n) is 2.24. The highest BCUT2D eigenvalue weighted by Crippen LogP contribution is 2.13. The number of hydrogen-bond acceptors (Lipinski definition) is 4. The molecular weight excluding hydrogens is 259 g/mol. The maximum atomic E-state index is 12.8. The lowest BCUT2D eigenvalue weighted by Gasteiger charge is -2.13. The van der Waals surface area contributed by atoms with Gasteiger partial charge < -0.3 is 21.3 Å². The molecule has 0 bridgehead atoms. The van der Waals surface area contributed by atoms with Crippen LogP contribution >= 0.6 is 0 Å². The number of aliphatic carboxylic acids is 2. The third-order valence-corrected chi connectivity index (χ3v) is 2.24. The van der Waals surface area contributed by atoms with Gasteiger partial charge in [0.15, 0.2) is 0 Å². The highest BCUT2D eigenvalue weighted by atomic mass is 19.1. The van der Waals surface area contributed by atoms with Gasteiger partial charge in [-0.05, 0) is 18.2 Å². The molecule has 0 aromatic heterocycles. The number of carboxylic acid groups (broad SMARTS) is 2. The Bertz CT molecular complexity index is 532. The fourth-order valence-electron chi connectivity index (χ4n) is 1.35. The number of rotatable bonds is 5. The van der Waals surface area contributed by atoms with Crippen LogP contribution in [0.15, 0.2) is 18.2 Å². The lowest BCUT2D eigenvalue weighted by molar-refractivity contribution is -0.145. The minimum absolute atomic E-state index is 0.127. The van der Waals surface area contributed by atoms with Crippen LogP contribution in [-0.2, 0) is 9.59 Å². The zero-order chi connectivity index (χ0) is 14.6. The van der Waals surface area contributed by atoms with Crippen molar-refractivity contribution in [3.8, 4) is 0 Å². The van der Waals surface area contributed by atoms with Crippen molar-refractivity contribution in [1.82, 2.24) is 5.32 Å². The Morgan fingerprint density at radius 3 is 2.42 bits per heavy atom. The summed E-state index contributed by atoms with van der Waals surface area (Å²) >= 11 is 0. The third kappa shape index (κ3) is 3.95. The van der Waals surface area contributed by atoms with Gasteiger partial charge in [0.2, 0.25) is 0 Å². The molecule has 1 aromatic rings. The fourth-order valence-corrected chi connectivity index (χ4v) is 1.35. The SMILES string of the molecule is Nc1cc(F)ccc1C(=O)N[C@@H](CC(=O)O)C(=O)O. The van der Waals surface area contributed by atoms with Crippen molar-refractivity contribution >= 4 is 23.5 Å². The highest BCUT2D eigenvalue weighted by molar-refractivity contribution is 6.01. The fraction of sp³-hybridized carbons (Fsp3) is 0.182. The van der Waals surface area contributed by atoms with Gasteiger partial charge in [0.05, 0.1) is 12.0 Å². The van der Waals surface area contributed by atoms with Crippen molar-refractivity contribution in [3.05, 3.63) is 29.6 Å². The summed E-state index contributed by atoms with van der Waals surface area (Å²) in [5.41, 5.74) is 5.11. The van der Waals surface area contributed by atoms with E-state index in [1.54, 1.807) is 0 Å². The minimum Gasteiger partial charge on any atom is -0.481 e. The molecule has 0 saturated carbocycles. The van der Waals surface area contributed by atoms with Gasteiger partial charge in [0.25, 0.3) is 5.91 Å². The topological polar surface area (TPSA) is 130 Å². The summed E-state index contributed by atoms with van der Waals surface area (Å²) < 4.78 is 12.8. The van der Waals surface area contributed by atoms with Gasteiger partial charge in [0.1, 0.15) is 11.9 Å². The van der Waals surface area contributed by atoms with Crippen LogP contribution in [0.2, 0.25) is 0 Å². The number of hydrogen-bond donors (Lipinski definition) is 4. The predicted molar refractivity (Wildman–Crippen MR) is 62.0 cm³/mol. The van der Waals surface area contributed by atoms with Crippen molar-refractivity contribution in [2.24, 2.45) is 0 Å². The lowest BCUT2D eigenvalue weighted by Crippen LogP contribution is -2.42. The summed E-state index contributed by atoms with van der Waals surface area (Å²) in [4.78, 5) is 32.9. The van der Waals surface area contributed by atoms with Crippen LogP contribution in [0, 0.1) is 5.82 Å². The molecule has 0 unspecified atom stereocenters. The maximum Gasteiger partial charge on any atom is 0.326 e. The largest absolute Gasteiger partial charge is 0.481 e. The smallest absolute Gasteiger partial charge is 0.326 e. The number of anilines is 1. The van der Waals surface area contributed by atoms with Gasteiger partial charge in [-0.15, -0.1) is 0 Å². The average molecular weight is 270 g/mol. The summed E-state index contributed by atoms with van der Waals surface area (Å²) in [5.74, 6) is -4.39. The molecule has 7 nitrogen and oxygen atoms in total. The second-order valence-electron chi connectivity index (χ2n) is 3.69. The van der Waals surface area contributed by atoms with E-state index >= 15 is 0 Å². The van der Waals surface area contributed by atoms with Crippen molar-refractivity contribution in [2.75, 3.05) is 5.73 Å². The van der Waals surface area contributed by atoms with Gasteiger partial charge >= 0.3 is 11.9 Å². The Labute approximate surface area is 106 Å². The lowest BCUT2D eigenvalue weighted by atomic mass is 10.1. The van der Waals surface area contributed by atoms with E-state index in [1.165, 1.54) is 0 Å². The van der Waals surface area contributed by atoms with E-state index in [-0.39, 0.29) is 11.3 Å². The van der Waals surface area contributed by atoms with Crippen LogP contribution in [0.4, 0.5) is 10.1 Å². The predicted octanol–water partition coefficient (Wildman–Crippen LogP) is 0.0656. The van der Waals surface area contributed by atoms with Crippen LogP contribution in [0.25, 0.3) is 0 Å². The summed E-state index contributed by atoms with van der Waals surface area (Å²) in [6, 6.07) is 1.38. The van der Waals surface area contributed by atoms with E-state index in [0.717, 1.165) is 18.2 Å². The first-order valence-corrected chi connectivity index (χ1v) is 5.11. The molecule has 0 aliphatic rings. The average Bonchev–Trinajstić information content (AvgIpc) is 2.26. The molecule has 1 aromatic carbocycles. The second-order valence-corrected chi connectivity index (χ2v) is 3.69. The summed E-state index contributed by atoms with van der Waals surface area (Å²) in [6.07, 6.45) is -0.776. The van der Waals surface area contributed by atoms with E-state index in [0.29, 0.717) is 0 Å². The number of nitrogens with one attached hydrogen (secondary N) is 1.